The van der Waals surface area contributed by atoms with Crippen molar-refractivity contribution in [3.8, 4) is 0 Å². The molecule has 2 aliphatic rings. The van der Waals surface area contributed by atoms with Crippen LogP contribution in [0.3, 0.4) is 0 Å². The summed E-state index contributed by atoms with van der Waals surface area (Å²) >= 11 is 5.18. The molecule has 0 atom stereocenters. The summed E-state index contributed by atoms with van der Waals surface area (Å²) in [6.07, 6.45) is 8.37. The largest absolute Gasteiger partial charge is 0.462 e. The molecule has 0 bridgehead atoms. The first kappa shape index (κ1) is 26.0. The van der Waals surface area contributed by atoms with Gasteiger partial charge in [-0.25, -0.2) is 9.59 Å². The van der Waals surface area contributed by atoms with Crippen molar-refractivity contribution in [2.75, 3.05) is 31.6 Å². The van der Waals surface area contributed by atoms with Crippen LogP contribution in [0, 0.1) is 0 Å². The third kappa shape index (κ3) is 6.70. The maximum absolute atomic E-state index is 12.9. The quantitative estimate of drug-likeness (QED) is 0.333. The van der Waals surface area contributed by atoms with Gasteiger partial charge in [0.25, 0.3) is 0 Å². The maximum atomic E-state index is 12.9. The Hall–Kier alpha value is -1.64. The first-order valence-corrected chi connectivity index (χ1v) is 13.7. The molecule has 0 radical (unpaired) electrons. The summed E-state index contributed by atoms with van der Waals surface area (Å²) in [7, 11) is 0. The summed E-state index contributed by atoms with van der Waals surface area (Å²) in [6.45, 7) is 8.66. The first-order chi connectivity index (χ1) is 16.0. The molecule has 3 N–H and O–H groups in total. The minimum atomic E-state index is -0.343. The van der Waals surface area contributed by atoms with Crippen LogP contribution in [-0.2, 0) is 17.6 Å². The van der Waals surface area contributed by atoms with Crippen molar-refractivity contribution in [2.45, 2.75) is 72.1 Å². The van der Waals surface area contributed by atoms with Gasteiger partial charge in [-0.05, 0) is 86.5 Å². The average molecular weight is 539 g/mol. The number of thiophene rings is 1. The normalized spacial score (nSPS) is 16.7. The fourth-order valence-electron chi connectivity index (χ4n) is 4.56. The summed E-state index contributed by atoms with van der Waals surface area (Å²) in [5.41, 5.74) is 5.54. The van der Waals surface area contributed by atoms with Crippen LogP contribution in [0.25, 0.3) is 0 Å². The van der Waals surface area contributed by atoms with Gasteiger partial charge in [-0.1, -0.05) is 34.8 Å². The van der Waals surface area contributed by atoms with Crippen molar-refractivity contribution in [3.05, 3.63) is 37.2 Å². The lowest BCUT2D eigenvalue weighted by Crippen LogP contribution is -2.33. The van der Waals surface area contributed by atoms with Crippen molar-refractivity contribution < 1.29 is 14.3 Å². The van der Waals surface area contributed by atoms with Gasteiger partial charge in [0.05, 0.1) is 12.2 Å². The standard InChI is InChI=1S/C25H36BrN3O3S/c1-4-6-9-17-14-27-13-12-18(17)20(16(3)26)15-28-25(31)29-23-22(24(30)32-5-2)19-10-7-8-11-21(19)33-23/h27H,4-15H2,1-3H3,(H2,28,29,31)/b20-16+. The zero-order chi connectivity index (χ0) is 23.8. The van der Waals surface area contributed by atoms with Gasteiger partial charge in [-0.2, -0.15) is 0 Å². The van der Waals surface area contributed by atoms with Gasteiger partial charge in [-0.15, -0.1) is 11.3 Å². The average Bonchev–Trinajstić information content (AvgIpc) is 3.16. The number of aryl methyl sites for hydroxylation is 1. The first-order valence-electron chi connectivity index (χ1n) is 12.1. The molecule has 0 fully saturated rings. The molecule has 1 aromatic rings. The van der Waals surface area contributed by atoms with Gasteiger partial charge >= 0.3 is 12.0 Å². The second-order valence-electron chi connectivity index (χ2n) is 8.57. The number of carbonyl (C=O) groups excluding carboxylic acids is 2. The Balaban J connectivity index is 1.74. The van der Waals surface area contributed by atoms with E-state index in [4.69, 9.17) is 4.74 Å². The zero-order valence-corrected chi connectivity index (χ0v) is 22.4. The van der Waals surface area contributed by atoms with E-state index in [9.17, 15) is 9.59 Å². The molecule has 182 valence electrons. The molecule has 33 heavy (non-hydrogen) atoms. The number of esters is 1. The van der Waals surface area contributed by atoms with Crippen LogP contribution in [0.4, 0.5) is 9.80 Å². The monoisotopic (exact) mass is 537 g/mol. The third-order valence-electron chi connectivity index (χ3n) is 6.23. The number of carbonyl (C=O) groups is 2. The molecule has 0 unspecified atom stereocenters. The number of rotatable bonds is 9. The Morgan fingerprint density at radius 2 is 1.97 bits per heavy atom. The summed E-state index contributed by atoms with van der Waals surface area (Å²) in [4.78, 5) is 26.7. The molecule has 2 heterocycles. The highest BCUT2D eigenvalue weighted by atomic mass is 79.9. The number of nitrogens with one attached hydrogen (secondary N) is 3. The molecule has 8 heteroatoms. The molecule has 0 saturated heterocycles. The number of hydrogen-bond acceptors (Lipinski definition) is 5. The minimum Gasteiger partial charge on any atom is -0.462 e. The number of amides is 2. The van der Waals surface area contributed by atoms with E-state index in [1.54, 1.807) is 6.92 Å². The van der Waals surface area contributed by atoms with Crippen LogP contribution in [0.15, 0.2) is 21.2 Å². The third-order valence-corrected chi connectivity index (χ3v) is 7.92. The second kappa shape index (κ2) is 12.7. The molecular formula is C25H36BrN3O3S. The lowest BCUT2D eigenvalue weighted by Gasteiger charge is -2.25. The lowest BCUT2D eigenvalue weighted by atomic mass is 9.91. The Morgan fingerprint density at radius 1 is 1.18 bits per heavy atom. The molecule has 6 nitrogen and oxygen atoms in total. The van der Waals surface area contributed by atoms with E-state index in [2.05, 4.69) is 38.8 Å². The number of ether oxygens (including phenoxy) is 1. The number of urea groups is 1. The van der Waals surface area contributed by atoms with Gasteiger partial charge < -0.3 is 15.4 Å². The van der Waals surface area contributed by atoms with E-state index in [0.717, 1.165) is 73.7 Å². The van der Waals surface area contributed by atoms with Crippen LogP contribution < -0.4 is 16.0 Å². The fourth-order valence-corrected chi connectivity index (χ4v) is 6.21. The number of allylic oxidation sites excluding steroid dienone is 1. The molecule has 1 aliphatic heterocycles. The minimum absolute atomic E-state index is 0.296. The predicted octanol–water partition coefficient (Wildman–Crippen LogP) is 6.07. The van der Waals surface area contributed by atoms with E-state index in [1.807, 2.05) is 6.92 Å². The number of halogens is 1. The van der Waals surface area contributed by atoms with E-state index < -0.39 is 0 Å². The number of anilines is 1. The Labute approximate surface area is 209 Å². The number of hydrogen-bond donors (Lipinski definition) is 3. The molecule has 1 aliphatic carbocycles. The van der Waals surface area contributed by atoms with E-state index in [0.29, 0.717) is 23.7 Å². The van der Waals surface area contributed by atoms with E-state index >= 15 is 0 Å². The van der Waals surface area contributed by atoms with Crippen LogP contribution in [-0.4, -0.2) is 38.2 Å². The number of unbranched alkanes of at least 4 members (excludes halogenated alkanes) is 1. The molecule has 1 aromatic heterocycles. The fraction of sp³-hybridized carbons (Fsp3) is 0.600. The van der Waals surface area contributed by atoms with Gasteiger partial charge in [-0.3, -0.25) is 5.32 Å². The molecular weight excluding hydrogens is 502 g/mol. The molecule has 3 rings (SSSR count). The molecule has 0 saturated carbocycles. The van der Waals surface area contributed by atoms with Gasteiger partial charge in [0.15, 0.2) is 0 Å². The highest BCUT2D eigenvalue weighted by molar-refractivity contribution is 9.11. The lowest BCUT2D eigenvalue weighted by molar-refractivity contribution is 0.0526. The van der Waals surface area contributed by atoms with Gasteiger partial charge in [0, 0.05) is 18.0 Å². The molecule has 0 spiro atoms. The Bertz CT molecular complexity index is 932. The highest BCUT2D eigenvalue weighted by Gasteiger charge is 2.27. The predicted molar refractivity (Wildman–Crippen MR) is 140 cm³/mol. The van der Waals surface area contributed by atoms with E-state index in [1.165, 1.54) is 33.8 Å². The summed E-state index contributed by atoms with van der Waals surface area (Å²) in [5.74, 6) is -0.343. The Morgan fingerprint density at radius 3 is 2.70 bits per heavy atom. The van der Waals surface area contributed by atoms with Crippen LogP contribution in [0.1, 0.15) is 80.1 Å². The topological polar surface area (TPSA) is 79.5 Å². The second-order valence-corrected chi connectivity index (χ2v) is 10.9. The van der Waals surface area contributed by atoms with Crippen LogP contribution >= 0.6 is 27.3 Å². The van der Waals surface area contributed by atoms with Crippen molar-refractivity contribution in [1.29, 1.82) is 0 Å². The van der Waals surface area contributed by atoms with Crippen LogP contribution in [0.5, 0.6) is 0 Å². The summed E-state index contributed by atoms with van der Waals surface area (Å²) in [5, 5.41) is 10.1. The van der Waals surface area contributed by atoms with Gasteiger partial charge in [0.1, 0.15) is 5.00 Å². The Kier molecular flexibility index (Phi) is 10.0. The molecule has 2 amide bonds. The molecule has 0 aromatic carbocycles. The van der Waals surface area contributed by atoms with Crippen molar-refractivity contribution in [3.63, 3.8) is 0 Å². The smallest absolute Gasteiger partial charge is 0.341 e. The SMILES string of the molecule is CCCCC1=C(/C(CNC(=O)Nc2sc3c(c2C(=O)OCC)CCCC3)=C(\C)Br)CCNC1. The van der Waals surface area contributed by atoms with Crippen molar-refractivity contribution in [2.24, 2.45) is 0 Å². The maximum Gasteiger partial charge on any atom is 0.341 e. The zero-order valence-electron chi connectivity index (χ0n) is 20.0. The summed E-state index contributed by atoms with van der Waals surface area (Å²) < 4.78 is 6.35. The van der Waals surface area contributed by atoms with Crippen molar-refractivity contribution in [1.82, 2.24) is 10.6 Å². The highest BCUT2D eigenvalue weighted by Crippen LogP contribution is 2.38. The van der Waals surface area contributed by atoms with Crippen molar-refractivity contribution >= 4 is 44.3 Å². The summed E-state index contributed by atoms with van der Waals surface area (Å²) in [6, 6.07) is -0.296. The number of fused-ring (bicyclic) bond motifs is 1. The van der Waals surface area contributed by atoms with Gasteiger partial charge in [0.2, 0.25) is 0 Å². The van der Waals surface area contributed by atoms with E-state index in [-0.39, 0.29) is 12.0 Å². The van der Waals surface area contributed by atoms with Crippen LogP contribution in [0.2, 0.25) is 0 Å².